The summed E-state index contributed by atoms with van der Waals surface area (Å²) in [6.45, 7) is 2.09. The van der Waals surface area contributed by atoms with E-state index in [2.05, 4.69) is 6.92 Å². The molecule has 0 radical (unpaired) electrons. The topological polar surface area (TPSA) is 51.7 Å². The smallest absolute Gasteiger partial charge is 0.115 e. The third-order valence-corrected chi connectivity index (χ3v) is 1.34. The van der Waals surface area contributed by atoms with Crippen molar-refractivity contribution in [2.45, 2.75) is 13.3 Å². The van der Waals surface area contributed by atoms with Gasteiger partial charge in [-0.3, -0.25) is 0 Å². The van der Waals surface area contributed by atoms with Crippen LogP contribution in [-0.4, -0.2) is 10.6 Å². The summed E-state index contributed by atoms with van der Waals surface area (Å²) < 4.78 is 0. The van der Waals surface area contributed by atoms with Crippen molar-refractivity contribution in [2.75, 3.05) is 0 Å². The van der Waals surface area contributed by atoms with E-state index in [1.807, 2.05) is 12.1 Å². The van der Waals surface area contributed by atoms with Gasteiger partial charge in [-0.15, -0.1) is 0 Å². The summed E-state index contributed by atoms with van der Waals surface area (Å²) in [5, 5.41) is 8.85. The second-order valence-corrected chi connectivity index (χ2v) is 2.02. The van der Waals surface area contributed by atoms with Crippen LogP contribution in [0.25, 0.3) is 0 Å². The molecular weight excluding hydrogens is 312 g/mol. The fourth-order valence-electron chi connectivity index (χ4n) is 0.732. The Balaban J connectivity index is 0. The van der Waals surface area contributed by atoms with Gasteiger partial charge in [0.05, 0.1) is 0 Å². The Hall–Kier alpha value is -0.332. The summed E-state index contributed by atoms with van der Waals surface area (Å²) in [4.78, 5) is 0. The first-order valence-electron chi connectivity index (χ1n) is 3.11. The Labute approximate surface area is 80.8 Å². The van der Waals surface area contributed by atoms with Gasteiger partial charge in [-0.2, -0.15) is 0 Å². The van der Waals surface area contributed by atoms with Crippen LogP contribution >= 0.6 is 0 Å². The molecule has 0 amide bonds. The van der Waals surface area contributed by atoms with Gasteiger partial charge in [-0.1, -0.05) is 19.1 Å². The third kappa shape index (κ3) is 4.18. The van der Waals surface area contributed by atoms with E-state index in [4.69, 9.17) is 5.11 Å². The summed E-state index contributed by atoms with van der Waals surface area (Å²) >= 11 is 0. The summed E-state index contributed by atoms with van der Waals surface area (Å²) in [5.74, 6) is 0.340. The predicted molar refractivity (Wildman–Crippen MR) is 41.1 cm³/mol. The first kappa shape index (κ1) is 13.3. The molecule has 0 fully saturated rings. The summed E-state index contributed by atoms with van der Waals surface area (Å²) in [6, 6.07) is 7.27. The van der Waals surface area contributed by atoms with Crippen LogP contribution in [0.1, 0.15) is 12.5 Å². The molecule has 0 atom stereocenters. The monoisotopic (exact) mass is 324 g/mol. The fourth-order valence-corrected chi connectivity index (χ4v) is 0.732. The standard InChI is InChI=1S/C8H10O.H2O.W/c1-2-7-3-5-8(9)6-4-7;;/h3-6,9H,2H2,1H3;1H2;. The van der Waals surface area contributed by atoms with Crippen LogP contribution in [0, 0.1) is 0 Å². The zero-order valence-corrected chi connectivity index (χ0v) is 9.31. The van der Waals surface area contributed by atoms with Gasteiger partial charge < -0.3 is 10.6 Å². The number of hydrogen-bond donors (Lipinski definition) is 1. The zero-order chi connectivity index (χ0) is 6.69. The quantitative estimate of drug-likeness (QED) is 0.827. The number of phenols is 1. The molecule has 0 heterocycles. The van der Waals surface area contributed by atoms with Crippen molar-refractivity contribution < 1.29 is 31.6 Å². The minimum Gasteiger partial charge on any atom is -0.508 e. The molecule has 0 unspecified atom stereocenters. The van der Waals surface area contributed by atoms with Gasteiger partial charge >= 0.3 is 0 Å². The van der Waals surface area contributed by atoms with Crippen LogP contribution in [0.4, 0.5) is 0 Å². The van der Waals surface area contributed by atoms with Crippen LogP contribution in [0.15, 0.2) is 24.3 Å². The summed E-state index contributed by atoms with van der Waals surface area (Å²) in [6.07, 6.45) is 1.03. The maximum Gasteiger partial charge on any atom is 0.115 e. The van der Waals surface area contributed by atoms with Crippen molar-refractivity contribution >= 4 is 0 Å². The van der Waals surface area contributed by atoms with Crippen LogP contribution in [0.2, 0.25) is 0 Å². The Kier molecular flexibility index (Phi) is 7.70. The van der Waals surface area contributed by atoms with Crippen molar-refractivity contribution in [3.63, 3.8) is 0 Å². The number of hydrogen-bond acceptors (Lipinski definition) is 1. The molecule has 62 valence electrons. The molecule has 1 aromatic carbocycles. The van der Waals surface area contributed by atoms with Crippen LogP contribution in [-0.2, 0) is 27.5 Å². The van der Waals surface area contributed by atoms with E-state index in [-0.39, 0.29) is 26.5 Å². The van der Waals surface area contributed by atoms with Gasteiger partial charge in [-0.05, 0) is 24.1 Å². The molecule has 0 saturated carbocycles. The Morgan fingerprint density at radius 3 is 2.00 bits per heavy atom. The summed E-state index contributed by atoms with van der Waals surface area (Å²) in [5.41, 5.74) is 1.26. The molecule has 1 rings (SSSR count). The number of aromatic hydroxyl groups is 1. The van der Waals surface area contributed by atoms with E-state index in [0.717, 1.165) is 6.42 Å². The molecule has 0 spiro atoms. The average Bonchev–Trinajstić information content (AvgIpc) is 1.90. The zero-order valence-electron chi connectivity index (χ0n) is 6.37. The van der Waals surface area contributed by atoms with Gasteiger partial charge in [0.15, 0.2) is 0 Å². The van der Waals surface area contributed by atoms with Gasteiger partial charge in [-0.25, -0.2) is 0 Å². The van der Waals surface area contributed by atoms with Gasteiger partial charge in [0, 0.05) is 21.1 Å². The molecule has 0 aliphatic heterocycles. The van der Waals surface area contributed by atoms with Crippen molar-refractivity contribution in [1.82, 2.24) is 0 Å². The molecule has 2 nitrogen and oxygen atoms in total. The molecule has 0 aliphatic carbocycles. The molecule has 0 saturated heterocycles. The molecule has 0 aromatic heterocycles. The molecule has 3 N–H and O–H groups in total. The van der Waals surface area contributed by atoms with Gasteiger partial charge in [0.1, 0.15) is 5.75 Å². The Bertz CT molecular complexity index is 184. The maximum atomic E-state index is 8.85. The third-order valence-electron chi connectivity index (χ3n) is 1.34. The van der Waals surface area contributed by atoms with Gasteiger partial charge in [0.25, 0.3) is 0 Å². The fraction of sp³-hybridized carbons (Fsp3) is 0.250. The minimum atomic E-state index is 0. The van der Waals surface area contributed by atoms with E-state index in [1.54, 1.807) is 12.1 Å². The minimum absolute atomic E-state index is 0. The van der Waals surface area contributed by atoms with E-state index < -0.39 is 0 Å². The maximum absolute atomic E-state index is 8.85. The van der Waals surface area contributed by atoms with Crippen molar-refractivity contribution in [1.29, 1.82) is 0 Å². The molecular formula is C8H12O2W. The average molecular weight is 324 g/mol. The van der Waals surface area contributed by atoms with Crippen LogP contribution in [0.5, 0.6) is 5.75 Å². The normalized spacial score (nSPS) is 7.73. The second kappa shape index (κ2) is 6.38. The van der Waals surface area contributed by atoms with Crippen molar-refractivity contribution in [2.24, 2.45) is 0 Å². The second-order valence-electron chi connectivity index (χ2n) is 2.02. The van der Waals surface area contributed by atoms with Crippen molar-refractivity contribution in [3.8, 4) is 5.75 Å². The van der Waals surface area contributed by atoms with Crippen LogP contribution < -0.4 is 0 Å². The molecule has 11 heavy (non-hydrogen) atoms. The molecule has 1 aromatic rings. The number of rotatable bonds is 1. The molecule has 0 bridgehead atoms. The van der Waals surface area contributed by atoms with E-state index >= 15 is 0 Å². The number of aryl methyl sites for hydroxylation is 1. The van der Waals surface area contributed by atoms with Gasteiger partial charge in [0.2, 0.25) is 0 Å². The predicted octanol–water partition coefficient (Wildman–Crippen LogP) is 1.13. The number of phenolic OH excluding ortho intramolecular Hbond substituents is 1. The largest absolute Gasteiger partial charge is 0.508 e. The number of benzene rings is 1. The Morgan fingerprint density at radius 1 is 1.18 bits per heavy atom. The van der Waals surface area contributed by atoms with E-state index in [9.17, 15) is 0 Å². The van der Waals surface area contributed by atoms with Crippen LogP contribution in [0.3, 0.4) is 0 Å². The first-order chi connectivity index (χ1) is 4.33. The van der Waals surface area contributed by atoms with Crippen molar-refractivity contribution in [3.05, 3.63) is 29.8 Å². The van der Waals surface area contributed by atoms with E-state index in [0.29, 0.717) is 5.75 Å². The Morgan fingerprint density at radius 2 is 1.64 bits per heavy atom. The molecule has 3 heteroatoms. The SMILES string of the molecule is CCc1ccc(O)cc1.O.[W]. The molecule has 0 aliphatic rings. The summed E-state index contributed by atoms with van der Waals surface area (Å²) in [7, 11) is 0. The van der Waals surface area contributed by atoms with E-state index in [1.165, 1.54) is 5.56 Å². The first-order valence-corrected chi connectivity index (χ1v) is 3.11.